The van der Waals surface area contributed by atoms with Crippen LogP contribution in [0, 0.1) is 5.92 Å². The fraction of sp³-hybridized carbons (Fsp3) is 0.519. The molecule has 194 valence electrons. The maximum Gasteiger partial charge on any atom is 0.237 e. The second-order valence-corrected chi connectivity index (χ2v) is 10.3. The summed E-state index contributed by atoms with van der Waals surface area (Å²) in [6.07, 6.45) is 10.2. The van der Waals surface area contributed by atoms with Gasteiger partial charge in [0.2, 0.25) is 5.91 Å². The lowest BCUT2D eigenvalue weighted by atomic mass is 9.97. The van der Waals surface area contributed by atoms with E-state index in [-0.39, 0.29) is 18.0 Å². The van der Waals surface area contributed by atoms with E-state index in [0.717, 1.165) is 42.6 Å². The Hall–Kier alpha value is -3.37. The zero-order chi connectivity index (χ0) is 25.2. The van der Waals surface area contributed by atoms with E-state index in [1.54, 1.807) is 6.20 Å². The number of nitrogens with one attached hydrogen (secondary N) is 2. The number of nitrogens with zero attached hydrogens (tertiary/aromatic N) is 5. The second kappa shape index (κ2) is 10.5. The summed E-state index contributed by atoms with van der Waals surface area (Å²) in [6.45, 7) is 3.03. The van der Waals surface area contributed by atoms with Gasteiger partial charge in [-0.3, -0.25) is 14.7 Å². The number of piperidine rings is 1. The molecule has 0 spiro atoms. The molecule has 37 heavy (non-hydrogen) atoms. The molecule has 1 saturated heterocycles. The van der Waals surface area contributed by atoms with Gasteiger partial charge in [-0.25, -0.2) is 15.0 Å². The largest absolute Gasteiger partial charge is 0.491 e. The predicted molar refractivity (Wildman–Crippen MR) is 139 cm³/mol. The molecule has 1 aromatic carbocycles. The van der Waals surface area contributed by atoms with Crippen LogP contribution in [-0.4, -0.2) is 76.2 Å². The van der Waals surface area contributed by atoms with Crippen molar-refractivity contribution in [3.8, 4) is 16.9 Å². The molecule has 2 atom stereocenters. The number of likely N-dealkylation sites (tertiary alicyclic amines) is 1. The molecular formula is C27H33N7O3. The number of benzene rings is 1. The van der Waals surface area contributed by atoms with Crippen molar-refractivity contribution in [3.63, 3.8) is 0 Å². The Morgan fingerprint density at radius 2 is 2.00 bits per heavy atom. The normalized spacial score (nSPS) is 22.7. The fourth-order valence-corrected chi connectivity index (χ4v) is 4.97. The van der Waals surface area contributed by atoms with Crippen LogP contribution in [0.2, 0.25) is 0 Å². The average Bonchev–Trinajstić information content (AvgIpc) is 3.74. The van der Waals surface area contributed by atoms with Crippen LogP contribution >= 0.6 is 0 Å². The van der Waals surface area contributed by atoms with Crippen LogP contribution in [-0.2, 0) is 16.1 Å². The second-order valence-electron chi connectivity index (χ2n) is 10.3. The van der Waals surface area contributed by atoms with Gasteiger partial charge in [0.1, 0.15) is 17.9 Å². The number of aromatic nitrogens is 4. The molecule has 10 nitrogen and oxygen atoms in total. The van der Waals surface area contributed by atoms with Gasteiger partial charge in [-0.1, -0.05) is 0 Å². The van der Waals surface area contributed by atoms with Gasteiger partial charge in [-0.05, 0) is 57.2 Å². The van der Waals surface area contributed by atoms with Crippen LogP contribution in [0.3, 0.4) is 0 Å². The number of anilines is 1. The number of carbonyl (C=O) groups is 1. The first-order valence-corrected chi connectivity index (χ1v) is 13.2. The molecule has 4 heterocycles. The van der Waals surface area contributed by atoms with E-state index in [0.29, 0.717) is 55.0 Å². The Morgan fingerprint density at radius 1 is 1.14 bits per heavy atom. The highest BCUT2D eigenvalue weighted by molar-refractivity contribution is 5.90. The number of hydrogen-bond donors (Lipinski definition) is 2. The Labute approximate surface area is 216 Å². The van der Waals surface area contributed by atoms with E-state index in [4.69, 9.17) is 14.5 Å². The average molecular weight is 504 g/mol. The predicted octanol–water partition coefficient (Wildman–Crippen LogP) is 2.79. The van der Waals surface area contributed by atoms with Crippen molar-refractivity contribution in [2.45, 2.75) is 50.8 Å². The third-order valence-corrected chi connectivity index (χ3v) is 7.36. The van der Waals surface area contributed by atoms with Crippen molar-refractivity contribution >= 4 is 22.8 Å². The smallest absolute Gasteiger partial charge is 0.237 e. The molecule has 2 aliphatic heterocycles. The molecular weight excluding hydrogens is 470 g/mol. The summed E-state index contributed by atoms with van der Waals surface area (Å²) in [5.41, 5.74) is 3.16. The van der Waals surface area contributed by atoms with Gasteiger partial charge in [0.05, 0.1) is 24.4 Å². The van der Waals surface area contributed by atoms with Crippen molar-refractivity contribution in [3.05, 3.63) is 36.5 Å². The lowest BCUT2D eigenvalue weighted by Crippen LogP contribution is -2.52. The molecule has 2 N–H and O–H groups in total. The van der Waals surface area contributed by atoms with Crippen molar-refractivity contribution in [1.82, 2.24) is 30.2 Å². The summed E-state index contributed by atoms with van der Waals surface area (Å²) in [5.74, 6) is 2.77. The lowest BCUT2D eigenvalue weighted by Gasteiger charge is -2.36. The zero-order valence-electron chi connectivity index (χ0n) is 21.2. The van der Waals surface area contributed by atoms with Crippen LogP contribution in [0.4, 0.5) is 5.82 Å². The highest BCUT2D eigenvalue weighted by Gasteiger charge is 2.31. The van der Waals surface area contributed by atoms with E-state index in [1.165, 1.54) is 12.8 Å². The minimum absolute atomic E-state index is 0.0621. The molecule has 3 aromatic rings. The Bertz CT molecular complexity index is 1260. The van der Waals surface area contributed by atoms with E-state index in [1.807, 2.05) is 31.6 Å². The summed E-state index contributed by atoms with van der Waals surface area (Å²) >= 11 is 0. The molecule has 0 unspecified atom stereocenters. The molecule has 10 heteroatoms. The number of fused-ring (bicyclic) bond motifs is 3. The van der Waals surface area contributed by atoms with Crippen molar-refractivity contribution in [1.29, 1.82) is 0 Å². The molecule has 6 rings (SSSR count). The summed E-state index contributed by atoms with van der Waals surface area (Å²) in [4.78, 5) is 33.6. The van der Waals surface area contributed by atoms with Gasteiger partial charge < -0.3 is 20.1 Å². The maximum absolute atomic E-state index is 12.8. The SMILES string of the molecule is CN1CC[C@H]2C[C@H]1C(=O)NCCCOc1c(-c3cnc(COCC4CC4)nc3)ccc3ncc(nc13)N2. The van der Waals surface area contributed by atoms with Crippen LogP contribution in [0.15, 0.2) is 30.7 Å². The third-order valence-electron chi connectivity index (χ3n) is 7.36. The van der Waals surface area contributed by atoms with E-state index < -0.39 is 0 Å². The first kappa shape index (κ1) is 24.0. The van der Waals surface area contributed by atoms with Gasteiger partial charge in [-0.2, -0.15) is 0 Å². The molecule has 2 fully saturated rings. The molecule has 2 aromatic heterocycles. The van der Waals surface area contributed by atoms with Crippen LogP contribution in [0.25, 0.3) is 22.2 Å². The fourth-order valence-electron chi connectivity index (χ4n) is 4.97. The van der Waals surface area contributed by atoms with Crippen molar-refractivity contribution in [2.24, 2.45) is 5.92 Å². The Balaban J connectivity index is 1.30. The number of likely N-dealkylation sites (N-methyl/N-ethyl adjacent to an activating group) is 1. The van der Waals surface area contributed by atoms with Crippen LogP contribution < -0.4 is 15.4 Å². The number of carbonyl (C=O) groups excluding carboxylic acids is 1. The van der Waals surface area contributed by atoms with E-state index in [2.05, 4.69) is 30.5 Å². The van der Waals surface area contributed by atoms with Crippen LogP contribution in [0.1, 0.15) is 37.9 Å². The zero-order valence-corrected chi connectivity index (χ0v) is 21.2. The molecule has 1 amide bonds. The number of rotatable bonds is 5. The summed E-state index contributed by atoms with van der Waals surface area (Å²) in [7, 11) is 2.01. The minimum Gasteiger partial charge on any atom is -0.491 e. The van der Waals surface area contributed by atoms with Gasteiger partial charge in [-0.15, -0.1) is 0 Å². The van der Waals surface area contributed by atoms with Gasteiger partial charge in [0.15, 0.2) is 11.6 Å². The number of amides is 1. The van der Waals surface area contributed by atoms with E-state index >= 15 is 0 Å². The lowest BCUT2D eigenvalue weighted by molar-refractivity contribution is -0.127. The topological polar surface area (TPSA) is 114 Å². The standard InChI is InChI=1S/C27H33N7O3/c1-34-9-7-19-11-22(34)27(35)28-8-2-10-37-26-20(5-6-21-25(26)33-23(32-19)14-29-21)18-12-30-24(31-13-18)16-36-15-17-3-4-17/h5-6,12-14,17,19,22H,2-4,7-11,15-16H2,1H3,(H,28,35)(H,32,33)/t19-,22-/m0/s1. The van der Waals surface area contributed by atoms with Crippen LogP contribution in [0.5, 0.6) is 5.75 Å². The van der Waals surface area contributed by atoms with Gasteiger partial charge in [0, 0.05) is 49.3 Å². The minimum atomic E-state index is -0.159. The quantitative estimate of drug-likeness (QED) is 0.542. The highest BCUT2D eigenvalue weighted by Crippen LogP contribution is 2.36. The van der Waals surface area contributed by atoms with E-state index in [9.17, 15) is 4.79 Å². The van der Waals surface area contributed by atoms with Gasteiger partial charge in [0.25, 0.3) is 0 Å². The number of ether oxygens (including phenoxy) is 2. The van der Waals surface area contributed by atoms with Crippen molar-refractivity contribution in [2.75, 3.05) is 38.7 Å². The first-order chi connectivity index (χ1) is 18.1. The Kier molecular flexibility index (Phi) is 6.84. The third kappa shape index (κ3) is 5.50. The van der Waals surface area contributed by atoms with Crippen molar-refractivity contribution < 1.29 is 14.3 Å². The molecule has 4 bridgehead atoms. The monoisotopic (exact) mass is 503 g/mol. The summed E-state index contributed by atoms with van der Waals surface area (Å²) in [5, 5.41) is 6.60. The summed E-state index contributed by atoms with van der Waals surface area (Å²) < 4.78 is 12.0. The Morgan fingerprint density at radius 3 is 2.84 bits per heavy atom. The summed E-state index contributed by atoms with van der Waals surface area (Å²) in [6, 6.07) is 3.91. The van der Waals surface area contributed by atoms with Gasteiger partial charge >= 0.3 is 0 Å². The maximum atomic E-state index is 12.8. The first-order valence-electron chi connectivity index (χ1n) is 13.2. The molecule has 3 aliphatic rings. The number of hydrogen-bond acceptors (Lipinski definition) is 9. The highest BCUT2D eigenvalue weighted by atomic mass is 16.5. The molecule has 1 aliphatic carbocycles. The molecule has 1 saturated carbocycles. The molecule has 0 radical (unpaired) electrons.